The van der Waals surface area contributed by atoms with Gasteiger partial charge in [-0.3, -0.25) is 0 Å². The molecular formula is C15H13ClN2. The van der Waals surface area contributed by atoms with E-state index < -0.39 is 0 Å². The fourth-order valence-electron chi connectivity index (χ4n) is 1.92. The van der Waals surface area contributed by atoms with Crippen LogP contribution in [0, 0.1) is 18.3 Å². The zero-order valence-electron chi connectivity index (χ0n) is 10.3. The van der Waals surface area contributed by atoms with Gasteiger partial charge in [0.1, 0.15) is 0 Å². The molecule has 0 aliphatic heterocycles. The monoisotopic (exact) mass is 256 g/mol. The van der Waals surface area contributed by atoms with Crippen LogP contribution in [-0.4, -0.2) is 7.05 Å². The molecular weight excluding hydrogens is 244 g/mol. The van der Waals surface area contributed by atoms with Crippen molar-refractivity contribution in [2.75, 3.05) is 11.9 Å². The van der Waals surface area contributed by atoms with Crippen molar-refractivity contribution in [3.63, 3.8) is 0 Å². The van der Waals surface area contributed by atoms with Crippen LogP contribution in [0.25, 0.3) is 0 Å². The maximum atomic E-state index is 8.83. The number of hydrogen-bond acceptors (Lipinski definition) is 2. The van der Waals surface area contributed by atoms with Crippen LogP contribution in [0.3, 0.4) is 0 Å². The van der Waals surface area contributed by atoms with Crippen LogP contribution < -0.4 is 4.90 Å². The first kappa shape index (κ1) is 12.5. The quantitative estimate of drug-likeness (QED) is 0.802. The Kier molecular flexibility index (Phi) is 3.55. The third-order valence-electron chi connectivity index (χ3n) is 2.91. The van der Waals surface area contributed by atoms with Gasteiger partial charge in [-0.15, -0.1) is 0 Å². The maximum Gasteiger partial charge on any atom is 0.0992 e. The number of aryl methyl sites for hydroxylation is 1. The van der Waals surface area contributed by atoms with Gasteiger partial charge in [-0.2, -0.15) is 5.26 Å². The summed E-state index contributed by atoms with van der Waals surface area (Å²) in [5, 5.41) is 9.41. The van der Waals surface area contributed by atoms with Crippen LogP contribution in [0.1, 0.15) is 11.1 Å². The topological polar surface area (TPSA) is 27.0 Å². The average molecular weight is 257 g/mol. The van der Waals surface area contributed by atoms with Crippen molar-refractivity contribution in [3.8, 4) is 6.07 Å². The highest BCUT2D eigenvalue weighted by Crippen LogP contribution is 2.32. The first-order valence-corrected chi connectivity index (χ1v) is 6.00. The summed E-state index contributed by atoms with van der Waals surface area (Å²) in [5.74, 6) is 0. The van der Waals surface area contributed by atoms with E-state index >= 15 is 0 Å². The van der Waals surface area contributed by atoms with E-state index in [4.69, 9.17) is 16.9 Å². The molecule has 0 fully saturated rings. The number of benzene rings is 2. The van der Waals surface area contributed by atoms with Crippen molar-refractivity contribution in [1.82, 2.24) is 0 Å². The summed E-state index contributed by atoms with van der Waals surface area (Å²) in [6, 6.07) is 15.5. The van der Waals surface area contributed by atoms with Gasteiger partial charge in [-0.25, -0.2) is 0 Å². The summed E-state index contributed by atoms with van der Waals surface area (Å²) < 4.78 is 0. The number of nitriles is 1. The standard InChI is InChI=1S/C15H13ClN2/c1-11-5-3-4-6-14(11)18(2)15-8-7-12(10-17)9-13(15)16/h3-9H,1-2H3. The van der Waals surface area contributed by atoms with E-state index in [1.807, 2.05) is 36.2 Å². The smallest absolute Gasteiger partial charge is 0.0992 e. The van der Waals surface area contributed by atoms with Gasteiger partial charge in [-0.1, -0.05) is 29.8 Å². The largest absolute Gasteiger partial charge is 0.343 e. The molecule has 90 valence electrons. The summed E-state index contributed by atoms with van der Waals surface area (Å²) >= 11 is 6.21. The number of anilines is 2. The molecule has 0 spiro atoms. The van der Waals surface area contributed by atoms with Gasteiger partial charge in [0.2, 0.25) is 0 Å². The minimum Gasteiger partial charge on any atom is -0.343 e. The number of para-hydroxylation sites is 1. The molecule has 2 aromatic carbocycles. The van der Waals surface area contributed by atoms with Crippen molar-refractivity contribution in [1.29, 1.82) is 5.26 Å². The van der Waals surface area contributed by atoms with Gasteiger partial charge < -0.3 is 4.90 Å². The molecule has 0 N–H and O–H groups in total. The summed E-state index contributed by atoms with van der Waals surface area (Å²) in [4.78, 5) is 2.03. The first-order valence-electron chi connectivity index (χ1n) is 5.62. The van der Waals surface area contributed by atoms with Crippen LogP contribution in [0.15, 0.2) is 42.5 Å². The first-order chi connectivity index (χ1) is 8.63. The normalized spacial score (nSPS) is 9.89. The van der Waals surface area contributed by atoms with Crippen LogP contribution in [0.2, 0.25) is 5.02 Å². The Bertz CT molecular complexity index is 614. The van der Waals surface area contributed by atoms with Gasteiger partial charge in [-0.05, 0) is 36.8 Å². The molecule has 0 aromatic heterocycles. The van der Waals surface area contributed by atoms with E-state index in [2.05, 4.69) is 19.1 Å². The minimum absolute atomic E-state index is 0.571. The molecule has 0 saturated heterocycles. The Balaban J connectivity index is 2.44. The third kappa shape index (κ3) is 2.32. The van der Waals surface area contributed by atoms with Crippen molar-refractivity contribution in [2.24, 2.45) is 0 Å². The third-order valence-corrected chi connectivity index (χ3v) is 3.22. The Hall–Kier alpha value is -1.98. The van der Waals surface area contributed by atoms with E-state index in [0.717, 1.165) is 11.4 Å². The summed E-state index contributed by atoms with van der Waals surface area (Å²) in [5.41, 5.74) is 3.75. The number of halogens is 1. The fourth-order valence-corrected chi connectivity index (χ4v) is 2.23. The predicted octanol–water partition coefficient (Wildman–Crippen LogP) is 4.29. The molecule has 0 aliphatic carbocycles. The Morgan fingerprint density at radius 2 is 1.83 bits per heavy atom. The van der Waals surface area contributed by atoms with Gasteiger partial charge in [0.25, 0.3) is 0 Å². The zero-order chi connectivity index (χ0) is 13.1. The molecule has 2 nitrogen and oxygen atoms in total. The van der Waals surface area contributed by atoms with Crippen molar-refractivity contribution in [3.05, 3.63) is 58.6 Å². The molecule has 18 heavy (non-hydrogen) atoms. The zero-order valence-corrected chi connectivity index (χ0v) is 11.1. The Labute approximate surface area is 112 Å². The maximum absolute atomic E-state index is 8.83. The van der Waals surface area contributed by atoms with Gasteiger partial charge in [0, 0.05) is 12.7 Å². The second-order valence-electron chi connectivity index (χ2n) is 4.12. The van der Waals surface area contributed by atoms with Gasteiger partial charge in [0.05, 0.1) is 22.3 Å². The molecule has 0 unspecified atom stereocenters. The fraction of sp³-hybridized carbons (Fsp3) is 0.133. The highest BCUT2D eigenvalue weighted by atomic mass is 35.5. The van der Waals surface area contributed by atoms with Crippen LogP contribution in [0.4, 0.5) is 11.4 Å². The molecule has 0 aliphatic rings. The highest BCUT2D eigenvalue weighted by Gasteiger charge is 2.10. The second-order valence-corrected chi connectivity index (χ2v) is 4.53. The second kappa shape index (κ2) is 5.12. The lowest BCUT2D eigenvalue weighted by molar-refractivity contribution is 1.18. The average Bonchev–Trinajstić information content (AvgIpc) is 2.38. The molecule has 0 saturated carbocycles. The SMILES string of the molecule is Cc1ccccc1N(C)c1ccc(C#N)cc1Cl. The Morgan fingerprint density at radius 3 is 2.44 bits per heavy atom. The molecule has 0 bridgehead atoms. The summed E-state index contributed by atoms with van der Waals surface area (Å²) in [6.07, 6.45) is 0. The van der Waals surface area contributed by atoms with E-state index in [1.54, 1.807) is 12.1 Å². The van der Waals surface area contributed by atoms with Crippen molar-refractivity contribution >= 4 is 23.0 Å². The lowest BCUT2D eigenvalue weighted by atomic mass is 10.1. The highest BCUT2D eigenvalue weighted by molar-refractivity contribution is 6.33. The molecule has 0 radical (unpaired) electrons. The molecule has 0 atom stereocenters. The van der Waals surface area contributed by atoms with E-state index in [0.29, 0.717) is 10.6 Å². The summed E-state index contributed by atoms with van der Waals surface area (Å²) in [6.45, 7) is 2.06. The van der Waals surface area contributed by atoms with Gasteiger partial charge >= 0.3 is 0 Å². The molecule has 0 amide bonds. The van der Waals surface area contributed by atoms with Crippen LogP contribution in [0.5, 0.6) is 0 Å². The minimum atomic E-state index is 0.571. The van der Waals surface area contributed by atoms with Crippen molar-refractivity contribution in [2.45, 2.75) is 6.92 Å². The van der Waals surface area contributed by atoms with Gasteiger partial charge in [0.15, 0.2) is 0 Å². The van der Waals surface area contributed by atoms with Crippen LogP contribution >= 0.6 is 11.6 Å². The molecule has 3 heteroatoms. The predicted molar refractivity (Wildman–Crippen MR) is 75.4 cm³/mol. The molecule has 0 heterocycles. The number of nitrogens with zero attached hydrogens (tertiary/aromatic N) is 2. The van der Waals surface area contributed by atoms with E-state index in [1.165, 1.54) is 5.56 Å². The lowest BCUT2D eigenvalue weighted by Gasteiger charge is -2.22. The summed E-state index contributed by atoms with van der Waals surface area (Å²) in [7, 11) is 1.97. The van der Waals surface area contributed by atoms with E-state index in [9.17, 15) is 0 Å². The van der Waals surface area contributed by atoms with Crippen molar-refractivity contribution < 1.29 is 0 Å². The Morgan fingerprint density at radius 1 is 1.11 bits per heavy atom. The number of rotatable bonds is 2. The van der Waals surface area contributed by atoms with Crippen LogP contribution in [-0.2, 0) is 0 Å². The van der Waals surface area contributed by atoms with E-state index in [-0.39, 0.29) is 0 Å². The lowest BCUT2D eigenvalue weighted by Crippen LogP contribution is -2.11. The molecule has 2 aromatic rings. The molecule has 2 rings (SSSR count). The number of hydrogen-bond donors (Lipinski definition) is 0.